The van der Waals surface area contributed by atoms with Gasteiger partial charge >= 0.3 is 0 Å². The predicted octanol–water partition coefficient (Wildman–Crippen LogP) is 3.85. The maximum absolute atomic E-state index is 6.11. The Hall–Kier alpha value is -1.08. The van der Waals surface area contributed by atoms with Gasteiger partial charge in [0.25, 0.3) is 0 Å². The van der Waals surface area contributed by atoms with E-state index in [9.17, 15) is 0 Å². The van der Waals surface area contributed by atoms with Crippen molar-refractivity contribution < 1.29 is 4.74 Å². The highest BCUT2D eigenvalue weighted by Gasteiger charge is 2.41. The smallest absolute Gasteiger partial charge is 0.0945 e. The van der Waals surface area contributed by atoms with Crippen LogP contribution in [0.1, 0.15) is 42.4 Å². The van der Waals surface area contributed by atoms with Gasteiger partial charge in [-0.3, -0.25) is 0 Å². The number of allylic oxidation sites excluding steroid dienone is 1. The van der Waals surface area contributed by atoms with Gasteiger partial charge < -0.3 is 4.74 Å². The molecule has 0 atom stereocenters. The van der Waals surface area contributed by atoms with Crippen LogP contribution in [0.4, 0.5) is 0 Å². The monoisotopic (exact) mass is 214 g/mol. The summed E-state index contributed by atoms with van der Waals surface area (Å²) in [7, 11) is 0. The zero-order valence-electron chi connectivity index (χ0n) is 9.88. The maximum atomic E-state index is 6.11. The van der Waals surface area contributed by atoms with Crippen LogP contribution in [0.15, 0.2) is 30.4 Å². The molecule has 1 fully saturated rings. The normalized spacial score (nSPS) is 22.4. The van der Waals surface area contributed by atoms with Gasteiger partial charge in [0, 0.05) is 0 Å². The molecule has 1 aromatic rings. The molecule has 1 heterocycles. The third-order valence-corrected chi connectivity index (χ3v) is 4.02. The molecule has 1 nitrogen and oxygen atoms in total. The first-order valence-electron chi connectivity index (χ1n) is 6.10. The number of benzene rings is 1. The standard InChI is InChI=1S/C15H18O/c1-11-5-7-15(8-6-11)14-4-3-12(2)9-13(14)10-16-15/h3-4,9H,1,5-8,10H2,2H3. The van der Waals surface area contributed by atoms with Crippen LogP contribution in [0.3, 0.4) is 0 Å². The Balaban J connectivity index is 1.99. The molecule has 16 heavy (non-hydrogen) atoms. The third kappa shape index (κ3) is 1.42. The highest BCUT2D eigenvalue weighted by molar-refractivity contribution is 5.39. The molecule has 2 aliphatic rings. The van der Waals surface area contributed by atoms with Crippen molar-refractivity contribution in [1.82, 2.24) is 0 Å². The fourth-order valence-corrected chi connectivity index (χ4v) is 3.00. The van der Waals surface area contributed by atoms with E-state index >= 15 is 0 Å². The molecular weight excluding hydrogens is 196 g/mol. The summed E-state index contributed by atoms with van der Waals surface area (Å²) in [5, 5.41) is 0. The first-order valence-corrected chi connectivity index (χ1v) is 6.10. The first-order chi connectivity index (χ1) is 7.70. The van der Waals surface area contributed by atoms with Crippen LogP contribution in [-0.4, -0.2) is 0 Å². The Morgan fingerprint density at radius 1 is 1.25 bits per heavy atom. The summed E-state index contributed by atoms with van der Waals surface area (Å²) in [4.78, 5) is 0. The van der Waals surface area contributed by atoms with Crippen molar-refractivity contribution >= 4 is 0 Å². The lowest BCUT2D eigenvalue weighted by Gasteiger charge is -2.34. The van der Waals surface area contributed by atoms with Crippen molar-refractivity contribution in [3.05, 3.63) is 47.0 Å². The number of ether oxygens (including phenoxy) is 1. The summed E-state index contributed by atoms with van der Waals surface area (Å²) in [6, 6.07) is 6.75. The molecule has 0 radical (unpaired) electrons. The van der Waals surface area contributed by atoms with Gasteiger partial charge in [-0.05, 0) is 43.7 Å². The Kier molecular flexibility index (Phi) is 2.18. The summed E-state index contributed by atoms with van der Waals surface area (Å²) in [5.74, 6) is 0. The molecule has 84 valence electrons. The van der Waals surface area contributed by atoms with Crippen LogP contribution in [0, 0.1) is 6.92 Å². The van der Waals surface area contributed by atoms with Gasteiger partial charge in [0.05, 0.1) is 12.2 Å². The van der Waals surface area contributed by atoms with Gasteiger partial charge in [0.2, 0.25) is 0 Å². The third-order valence-electron chi connectivity index (χ3n) is 4.02. The van der Waals surface area contributed by atoms with E-state index in [0.29, 0.717) is 0 Å². The Morgan fingerprint density at radius 3 is 2.75 bits per heavy atom. The molecule has 0 unspecified atom stereocenters. The predicted molar refractivity (Wildman–Crippen MR) is 65.3 cm³/mol. The highest BCUT2D eigenvalue weighted by Crippen LogP contribution is 2.47. The fourth-order valence-electron chi connectivity index (χ4n) is 3.00. The molecule has 0 amide bonds. The quantitative estimate of drug-likeness (QED) is 0.596. The summed E-state index contributed by atoms with van der Waals surface area (Å²) in [6.07, 6.45) is 4.46. The molecule has 0 N–H and O–H groups in total. The van der Waals surface area contributed by atoms with E-state index in [1.54, 1.807) is 0 Å². The maximum Gasteiger partial charge on any atom is 0.0945 e. The van der Waals surface area contributed by atoms with Crippen LogP contribution in [0.5, 0.6) is 0 Å². The number of fused-ring (bicyclic) bond motifs is 2. The first kappa shape index (κ1) is 10.1. The van der Waals surface area contributed by atoms with Crippen LogP contribution in [-0.2, 0) is 16.9 Å². The molecule has 1 spiro atoms. The van der Waals surface area contributed by atoms with Crippen LogP contribution in [0.2, 0.25) is 0 Å². The van der Waals surface area contributed by atoms with Crippen molar-refractivity contribution in [2.75, 3.05) is 0 Å². The van der Waals surface area contributed by atoms with Gasteiger partial charge in [-0.25, -0.2) is 0 Å². The van der Waals surface area contributed by atoms with E-state index in [1.807, 2.05) is 0 Å². The average molecular weight is 214 g/mol. The molecule has 0 aromatic heterocycles. The van der Waals surface area contributed by atoms with Crippen molar-refractivity contribution in [2.45, 2.75) is 44.8 Å². The highest BCUT2D eigenvalue weighted by atomic mass is 16.5. The van der Waals surface area contributed by atoms with Gasteiger partial charge in [-0.15, -0.1) is 0 Å². The van der Waals surface area contributed by atoms with Gasteiger partial charge in [-0.2, -0.15) is 0 Å². The Morgan fingerprint density at radius 2 is 2.00 bits per heavy atom. The fraction of sp³-hybridized carbons (Fsp3) is 0.467. The summed E-state index contributed by atoms with van der Waals surface area (Å²) >= 11 is 0. The molecule has 1 aliphatic carbocycles. The van der Waals surface area contributed by atoms with Gasteiger partial charge in [-0.1, -0.05) is 35.9 Å². The second kappa shape index (κ2) is 3.46. The van der Waals surface area contributed by atoms with Crippen molar-refractivity contribution in [1.29, 1.82) is 0 Å². The minimum Gasteiger partial charge on any atom is -0.366 e. The second-order valence-corrected chi connectivity index (χ2v) is 5.19. The lowest BCUT2D eigenvalue weighted by molar-refractivity contribution is -0.0570. The van der Waals surface area contributed by atoms with E-state index in [-0.39, 0.29) is 5.60 Å². The van der Waals surface area contributed by atoms with E-state index in [4.69, 9.17) is 4.74 Å². The summed E-state index contributed by atoms with van der Waals surface area (Å²) < 4.78 is 6.11. The van der Waals surface area contributed by atoms with Crippen molar-refractivity contribution in [3.8, 4) is 0 Å². The molecule has 1 aliphatic heterocycles. The lowest BCUT2D eigenvalue weighted by atomic mass is 9.77. The molecule has 3 rings (SSSR count). The van der Waals surface area contributed by atoms with Gasteiger partial charge in [0.1, 0.15) is 0 Å². The minimum absolute atomic E-state index is 0.0181. The van der Waals surface area contributed by atoms with Crippen LogP contribution < -0.4 is 0 Å². The Labute approximate surface area is 97.1 Å². The Bertz CT molecular complexity index is 435. The summed E-state index contributed by atoms with van der Waals surface area (Å²) in [6.45, 7) is 7.03. The molecule has 1 saturated carbocycles. The SMILES string of the molecule is C=C1CCC2(CC1)OCc1cc(C)ccc12. The number of hydrogen-bond acceptors (Lipinski definition) is 1. The van der Waals surface area contributed by atoms with Gasteiger partial charge in [0.15, 0.2) is 0 Å². The zero-order valence-corrected chi connectivity index (χ0v) is 9.88. The average Bonchev–Trinajstić information content (AvgIpc) is 2.62. The largest absolute Gasteiger partial charge is 0.366 e. The summed E-state index contributed by atoms with van der Waals surface area (Å²) in [5.41, 5.74) is 5.57. The van der Waals surface area contributed by atoms with E-state index in [1.165, 1.54) is 22.3 Å². The minimum atomic E-state index is 0.0181. The van der Waals surface area contributed by atoms with Crippen molar-refractivity contribution in [2.24, 2.45) is 0 Å². The lowest BCUT2D eigenvalue weighted by Crippen LogP contribution is -2.28. The molecule has 0 saturated heterocycles. The van der Waals surface area contributed by atoms with E-state index in [0.717, 1.165) is 32.3 Å². The topological polar surface area (TPSA) is 9.23 Å². The zero-order chi connectivity index (χ0) is 11.2. The van der Waals surface area contributed by atoms with Crippen LogP contribution in [0.25, 0.3) is 0 Å². The second-order valence-electron chi connectivity index (χ2n) is 5.19. The molecule has 0 bridgehead atoms. The van der Waals surface area contributed by atoms with E-state index < -0.39 is 0 Å². The molecule has 1 heteroatoms. The molecular formula is C15H18O. The van der Waals surface area contributed by atoms with E-state index in [2.05, 4.69) is 31.7 Å². The number of aryl methyl sites for hydroxylation is 1. The number of hydrogen-bond donors (Lipinski definition) is 0. The molecule has 1 aromatic carbocycles. The number of rotatable bonds is 0. The van der Waals surface area contributed by atoms with Crippen molar-refractivity contribution in [3.63, 3.8) is 0 Å². The van der Waals surface area contributed by atoms with Crippen LogP contribution >= 0.6 is 0 Å².